The van der Waals surface area contributed by atoms with Crippen molar-refractivity contribution < 1.29 is 4.79 Å². The highest BCUT2D eigenvalue weighted by Gasteiger charge is 2.27. The van der Waals surface area contributed by atoms with Crippen molar-refractivity contribution in [3.63, 3.8) is 0 Å². The van der Waals surface area contributed by atoms with Crippen LogP contribution in [0.4, 0.5) is 5.82 Å². The second-order valence-electron chi connectivity index (χ2n) is 9.47. The minimum atomic E-state index is 0.122. The van der Waals surface area contributed by atoms with Crippen LogP contribution in [0.15, 0.2) is 78.2 Å². The van der Waals surface area contributed by atoms with Gasteiger partial charge in [-0.15, -0.1) is 0 Å². The lowest BCUT2D eigenvalue weighted by Crippen LogP contribution is -2.40. The van der Waals surface area contributed by atoms with E-state index in [9.17, 15) is 4.79 Å². The number of rotatable bonds is 7. The Labute approximate surface area is 230 Å². The Hall–Kier alpha value is -3.78. The molecule has 1 atom stereocenters. The zero-order valence-electron chi connectivity index (χ0n) is 21.5. The summed E-state index contributed by atoms with van der Waals surface area (Å²) >= 11 is 3.60. The number of pyridine rings is 1. The topological polar surface area (TPSA) is 75.4 Å². The third kappa shape index (κ3) is 5.55. The Balaban J connectivity index is 1.39. The second kappa shape index (κ2) is 11.7. The minimum absolute atomic E-state index is 0.122. The van der Waals surface area contributed by atoms with Crippen molar-refractivity contribution in [2.45, 2.75) is 38.6 Å². The molecule has 0 radical (unpaired) electrons. The predicted octanol–water partition coefficient (Wildman–Crippen LogP) is 4.43. The van der Waals surface area contributed by atoms with Crippen LogP contribution in [-0.4, -0.2) is 43.5 Å². The first-order valence-corrected chi connectivity index (χ1v) is 13.7. The number of carbonyl (C=O) groups excluding carboxylic acids is 1. The standard InChI is InChI=1S/C30H31BrN6O/c1-3-22-10-5-6-12-25(22)23(4-2)15-29(38)36-14-8-11-24(20-36)27-16-28(33-18-21-9-7-13-32-17-21)37-30(35-27)26(31)19-34-37/h3-7,9-10,12-13,16-17,19,24,33H,2,8,11,14-15,18,20H2,1H3/b22-3-,25-23+. The van der Waals surface area contributed by atoms with Crippen LogP contribution in [0.25, 0.3) is 17.3 Å². The first-order chi connectivity index (χ1) is 18.6. The number of hydrogen-bond acceptors (Lipinski definition) is 5. The lowest BCUT2D eigenvalue weighted by atomic mass is 9.93. The van der Waals surface area contributed by atoms with E-state index in [0.29, 0.717) is 19.5 Å². The molecule has 1 aromatic carbocycles. The predicted molar refractivity (Wildman–Crippen MR) is 155 cm³/mol. The van der Waals surface area contributed by atoms with Gasteiger partial charge < -0.3 is 10.2 Å². The number of nitrogens with zero attached hydrogens (tertiary/aromatic N) is 5. The maximum Gasteiger partial charge on any atom is 0.227 e. The molecule has 194 valence electrons. The average molecular weight is 572 g/mol. The molecule has 0 spiro atoms. The summed E-state index contributed by atoms with van der Waals surface area (Å²) in [5.41, 5.74) is 3.75. The summed E-state index contributed by atoms with van der Waals surface area (Å²) in [5, 5.41) is 10.2. The van der Waals surface area contributed by atoms with Gasteiger partial charge >= 0.3 is 0 Å². The molecule has 3 aromatic heterocycles. The largest absolute Gasteiger partial charge is 0.366 e. The van der Waals surface area contributed by atoms with Crippen LogP contribution in [0.3, 0.4) is 0 Å². The van der Waals surface area contributed by atoms with Crippen molar-refractivity contribution in [2.75, 3.05) is 18.4 Å². The van der Waals surface area contributed by atoms with Crippen molar-refractivity contribution in [2.24, 2.45) is 0 Å². The summed E-state index contributed by atoms with van der Waals surface area (Å²) in [4.78, 5) is 24.6. The van der Waals surface area contributed by atoms with Gasteiger partial charge in [0.2, 0.25) is 5.91 Å². The summed E-state index contributed by atoms with van der Waals surface area (Å²) in [6.07, 6.45) is 11.5. The van der Waals surface area contributed by atoms with Crippen LogP contribution < -0.4 is 15.8 Å². The molecule has 1 unspecified atom stereocenters. The molecule has 4 heterocycles. The van der Waals surface area contributed by atoms with Crippen LogP contribution in [0.2, 0.25) is 0 Å². The molecule has 1 N–H and O–H groups in total. The average Bonchev–Trinajstić information content (AvgIpc) is 3.35. The maximum atomic E-state index is 13.5. The normalized spacial score (nSPS) is 16.9. The van der Waals surface area contributed by atoms with Crippen LogP contribution in [0.5, 0.6) is 0 Å². The third-order valence-corrected chi connectivity index (χ3v) is 7.60. The number of amides is 1. The number of aromatic nitrogens is 4. The Morgan fingerprint density at radius 2 is 2.11 bits per heavy atom. The van der Waals surface area contributed by atoms with Gasteiger partial charge in [0.25, 0.3) is 0 Å². The van der Waals surface area contributed by atoms with Crippen molar-refractivity contribution in [3.05, 3.63) is 99.9 Å². The molecule has 5 rings (SSSR count). The molecule has 38 heavy (non-hydrogen) atoms. The molecule has 1 aliphatic heterocycles. The molecule has 1 amide bonds. The number of nitrogens with one attached hydrogen (secondary N) is 1. The second-order valence-corrected chi connectivity index (χ2v) is 10.3. The fraction of sp³-hybridized carbons (Fsp3) is 0.267. The molecule has 7 nitrogen and oxygen atoms in total. The van der Waals surface area contributed by atoms with E-state index in [1.54, 1.807) is 12.4 Å². The van der Waals surface area contributed by atoms with Gasteiger partial charge in [-0.1, -0.05) is 49.1 Å². The molecule has 4 aromatic rings. The first kappa shape index (κ1) is 25.9. The third-order valence-electron chi connectivity index (χ3n) is 7.04. The number of allylic oxidation sites excluding steroid dienone is 1. The maximum absolute atomic E-state index is 13.5. The summed E-state index contributed by atoms with van der Waals surface area (Å²) in [5.74, 6) is 1.12. The van der Waals surface area contributed by atoms with E-state index >= 15 is 0 Å². The van der Waals surface area contributed by atoms with E-state index in [0.717, 1.165) is 62.6 Å². The molecule has 1 aliphatic rings. The fourth-order valence-electron chi connectivity index (χ4n) is 5.02. The molecule has 1 fully saturated rings. The summed E-state index contributed by atoms with van der Waals surface area (Å²) in [6.45, 7) is 8.03. The van der Waals surface area contributed by atoms with Crippen LogP contribution in [0, 0.1) is 0 Å². The molecular weight excluding hydrogens is 540 g/mol. The Morgan fingerprint density at radius 1 is 1.24 bits per heavy atom. The fourth-order valence-corrected chi connectivity index (χ4v) is 5.37. The molecule has 0 saturated carbocycles. The van der Waals surface area contributed by atoms with E-state index in [4.69, 9.17) is 4.98 Å². The number of hydrogen-bond donors (Lipinski definition) is 1. The molecular formula is C30H31BrN6O. The Kier molecular flexibility index (Phi) is 7.98. The highest BCUT2D eigenvalue weighted by atomic mass is 79.9. The highest BCUT2D eigenvalue weighted by Crippen LogP contribution is 2.30. The lowest BCUT2D eigenvalue weighted by Gasteiger charge is -2.33. The van der Waals surface area contributed by atoms with Gasteiger partial charge in [0.05, 0.1) is 22.8 Å². The van der Waals surface area contributed by atoms with Crippen molar-refractivity contribution in [1.29, 1.82) is 0 Å². The van der Waals surface area contributed by atoms with Gasteiger partial charge in [0.15, 0.2) is 5.65 Å². The van der Waals surface area contributed by atoms with E-state index in [1.807, 2.05) is 52.9 Å². The van der Waals surface area contributed by atoms with Crippen molar-refractivity contribution in [3.8, 4) is 0 Å². The number of fused-ring (bicyclic) bond motifs is 1. The van der Waals surface area contributed by atoms with Crippen LogP contribution in [-0.2, 0) is 11.3 Å². The molecule has 0 aliphatic carbocycles. The van der Waals surface area contributed by atoms with E-state index in [2.05, 4.69) is 62.2 Å². The Bertz CT molecular complexity index is 1580. The van der Waals surface area contributed by atoms with E-state index < -0.39 is 0 Å². The van der Waals surface area contributed by atoms with Gasteiger partial charge in [-0.25, -0.2) is 4.98 Å². The summed E-state index contributed by atoms with van der Waals surface area (Å²) in [7, 11) is 0. The number of carbonyl (C=O) groups is 1. The Morgan fingerprint density at radius 3 is 2.89 bits per heavy atom. The van der Waals surface area contributed by atoms with Gasteiger partial charge in [-0.3, -0.25) is 9.78 Å². The van der Waals surface area contributed by atoms with Gasteiger partial charge in [0, 0.05) is 44.0 Å². The van der Waals surface area contributed by atoms with Gasteiger partial charge in [-0.05, 0) is 63.3 Å². The number of likely N-dealkylation sites (tertiary alicyclic amines) is 1. The monoisotopic (exact) mass is 570 g/mol. The molecule has 0 bridgehead atoms. The zero-order chi connectivity index (χ0) is 26.5. The number of benzene rings is 1. The summed E-state index contributed by atoms with van der Waals surface area (Å²) < 4.78 is 2.65. The molecule has 1 saturated heterocycles. The number of halogens is 1. The smallest absolute Gasteiger partial charge is 0.227 e. The summed E-state index contributed by atoms with van der Waals surface area (Å²) in [6, 6.07) is 14.2. The number of anilines is 1. The van der Waals surface area contributed by atoms with Crippen LogP contribution in [0.1, 0.15) is 43.4 Å². The van der Waals surface area contributed by atoms with Gasteiger partial charge in [0.1, 0.15) is 5.82 Å². The first-order valence-electron chi connectivity index (χ1n) is 12.9. The zero-order valence-corrected chi connectivity index (χ0v) is 23.1. The van der Waals surface area contributed by atoms with Gasteiger partial charge in [-0.2, -0.15) is 9.61 Å². The quantitative estimate of drug-likeness (QED) is 0.355. The minimum Gasteiger partial charge on any atom is -0.366 e. The van der Waals surface area contributed by atoms with Crippen molar-refractivity contribution >= 4 is 45.0 Å². The van der Waals surface area contributed by atoms with E-state index in [1.165, 1.54) is 0 Å². The van der Waals surface area contributed by atoms with Crippen LogP contribution >= 0.6 is 15.9 Å². The van der Waals surface area contributed by atoms with Crippen molar-refractivity contribution in [1.82, 2.24) is 24.5 Å². The highest BCUT2D eigenvalue weighted by molar-refractivity contribution is 9.10. The number of piperidine rings is 1. The van der Waals surface area contributed by atoms with E-state index in [-0.39, 0.29) is 11.8 Å². The SMILES string of the molecule is C=C/C(CC(=O)N1CCCC(c2cc(NCc3cccnc3)n3ncc(Br)c3n2)C1)=c1/cccc/c1=C/C. The molecule has 8 heteroatoms. The lowest BCUT2D eigenvalue weighted by molar-refractivity contribution is -0.131.